The van der Waals surface area contributed by atoms with Crippen molar-refractivity contribution in [1.29, 1.82) is 0 Å². The fraction of sp³-hybridized carbons (Fsp3) is 0.261. The molecular weight excluding hydrogens is 466 g/mol. The van der Waals surface area contributed by atoms with Crippen LogP contribution in [0.1, 0.15) is 25.6 Å². The second-order valence-electron chi connectivity index (χ2n) is 8.18. The van der Waals surface area contributed by atoms with E-state index in [0.29, 0.717) is 14.7 Å². The van der Waals surface area contributed by atoms with Crippen LogP contribution in [0.15, 0.2) is 74.7 Å². The second-order valence-corrected chi connectivity index (χ2v) is 13.1. The minimum Gasteiger partial charge on any atom is -0.444 e. The number of hydrogen-bond donors (Lipinski definition) is 1. The third kappa shape index (κ3) is 6.51. The van der Waals surface area contributed by atoms with Gasteiger partial charge in [0.15, 0.2) is 9.84 Å². The molecule has 32 heavy (non-hydrogen) atoms. The molecular formula is C23H25NO5S3. The van der Waals surface area contributed by atoms with Crippen molar-refractivity contribution in [1.82, 2.24) is 5.32 Å². The van der Waals surface area contributed by atoms with Crippen molar-refractivity contribution >= 4 is 38.1 Å². The van der Waals surface area contributed by atoms with Crippen LogP contribution in [0.5, 0.6) is 0 Å². The number of carbonyl (C=O) groups excluding carboxylic acids is 1. The number of rotatable bonds is 6. The predicted octanol–water partition coefficient (Wildman–Crippen LogP) is 5.01. The molecule has 9 heteroatoms. The van der Waals surface area contributed by atoms with Crippen LogP contribution in [-0.2, 0) is 31.9 Å². The van der Waals surface area contributed by atoms with Crippen LogP contribution in [0.2, 0.25) is 0 Å². The summed E-state index contributed by atoms with van der Waals surface area (Å²) in [5.41, 5.74) is 0.928. The molecule has 1 atom stereocenters. The summed E-state index contributed by atoms with van der Waals surface area (Å²) in [6.45, 7) is 5.60. The van der Waals surface area contributed by atoms with Gasteiger partial charge in [0.25, 0.3) is 0 Å². The summed E-state index contributed by atoms with van der Waals surface area (Å²) in [6, 6.07) is 17.7. The van der Waals surface area contributed by atoms with E-state index in [1.165, 1.54) is 17.4 Å². The maximum Gasteiger partial charge on any atom is 0.407 e. The largest absolute Gasteiger partial charge is 0.444 e. The van der Waals surface area contributed by atoms with E-state index in [2.05, 4.69) is 5.32 Å². The van der Waals surface area contributed by atoms with Crippen LogP contribution >= 0.6 is 11.3 Å². The fourth-order valence-corrected chi connectivity index (χ4v) is 6.07. The molecule has 0 spiro atoms. The third-order valence-electron chi connectivity index (χ3n) is 4.25. The Labute approximate surface area is 195 Å². The SMILES string of the molecule is CC(C)(C)OC(=O)NCc1ccc(S(=O)c2cc(-c3ccccc3)cc(S(C)(=O)=O)c2)s1. The molecule has 0 fully saturated rings. The van der Waals surface area contributed by atoms with Crippen molar-refractivity contribution in [2.24, 2.45) is 0 Å². The first-order chi connectivity index (χ1) is 14.9. The van der Waals surface area contributed by atoms with Crippen molar-refractivity contribution in [3.05, 3.63) is 65.5 Å². The molecule has 3 aromatic rings. The Morgan fingerprint density at radius 1 is 1.03 bits per heavy atom. The maximum atomic E-state index is 13.3. The van der Waals surface area contributed by atoms with E-state index in [9.17, 15) is 17.4 Å². The zero-order valence-corrected chi connectivity index (χ0v) is 20.7. The van der Waals surface area contributed by atoms with Gasteiger partial charge in [-0.3, -0.25) is 0 Å². The number of thiophene rings is 1. The van der Waals surface area contributed by atoms with Gasteiger partial charge < -0.3 is 10.1 Å². The van der Waals surface area contributed by atoms with Gasteiger partial charge in [-0.15, -0.1) is 11.3 Å². The topological polar surface area (TPSA) is 89.5 Å². The van der Waals surface area contributed by atoms with E-state index in [1.807, 2.05) is 30.3 Å². The molecule has 1 N–H and O–H groups in total. The predicted molar refractivity (Wildman–Crippen MR) is 127 cm³/mol. The Hall–Kier alpha value is -2.49. The number of nitrogens with one attached hydrogen (secondary N) is 1. The van der Waals surface area contributed by atoms with E-state index >= 15 is 0 Å². The molecule has 0 aliphatic heterocycles. The molecule has 1 heterocycles. The molecule has 2 aromatic carbocycles. The molecule has 1 aromatic heterocycles. The number of amides is 1. The molecule has 0 aliphatic carbocycles. The van der Waals surface area contributed by atoms with Crippen LogP contribution in [0.4, 0.5) is 4.79 Å². The van der Waals surface area contributed by atoms with Crippen molar-refractivity contribution in [2.45, 2.75) is 46.9 Å². The number of carbonyl (C=O) groups is 1. The summed E-state index contributed by atoms with van der Waals surface area (Å²) in [7, 11) is -5.07. The lowest BCUT2D eigenvalue weighted by atomic mass is 10.1. The summed E-state index contributed by atoms with van der Waals surface area (Å²) >= 11 is 1.29. The molecule has 0 saturated carbocycles. The van der Waals surface area contributed by atoms with Gasteiger partial charge in [-0.05, 0) is 62.2 Å². The molecule has 0 aliphatic rings. The van der Waals surface area contributed by atoms with E-state index in [4.69, 9.17) is 4.74 Å². The van der Waals surface area contributed by atoms with Crippen molar-refractivity contribution in [3.63, 3.8) is 0 Å². The van der Waals surface area contributed by atoms with Crippen LogP contribution in [0.3, 0.4) is 0 Å². The molecule has 170 valence electrons. The normalized spacial score (nSPS) is 12.9. The Morgan fingerprint density at radius 2 is 1.72 bits per heavy atom. The van der Waals surface area contributed by atoms with Crippen LogP contribution in [0, 0.1) is 0 Å². The zero-order chi connectivity index (χ0) is 23.5. The van der Waals surface area contributed by atoms with Crippen LogP contribution in [0.25, 0.3) is 11.1 Å². The Morgan fingerprint density at radius 3 is 2.34 bits per heavy atom. The first kappa shape index (κ1) is 24.2. The minimum atomic E-state index is -3.49. The van der Waals surface area contributed by atoms with Gasteiger partial charge in [-0.1, -0.05) is 30.3 Å². The average Bonchev–Trinajstić information content (AvgIpc) is 3.19. The number of benzene rings is 2. The van der Waals surface area contributed by atoms with Gasteiger partial charge >= 0.3 is 6.09 Å². The van der Waals surface area contributed by atoms with Crippen molar-refractivity contribution in [2.75, 3.05) is 6.26 Å². The number of ether oxygens (including phenoxy) is 1. The second kappa shape index (κ2) is 9.56. The van der Waals surface area contributed by atoms with E-state index in [1.54, 1.807) is 45.0 Å². The Balaban J connectivity index is 1.85. The summed E-state index contributed by atoms with van der Waals surface area (Å²) in [6.07, 6.45) is 0.608. The first-order valence-corrected chi connectivity index (χ1v) is 13.7. The van der Waals surface area contributed by atoms with E-state index < -0.39 is 32.3 Å². The third-order valence-corrected chi connectivity index (χ3v) is 8.10. The van der Waals surface area contributed by atoms with E-state index in [0.717, 1.165) is 16.7 Å². The van der Waals surface area contributed by atoms with E-state index in [-0.39, 0.29) is 11.4 Å². The molecule has 3 rings (SSSR count). The summed E-state index contributed by atoms with van der Waals surface area (Å²) in [5, 5.41) is 2.68. The highest BCUT2D eigenvalue weighted by Crippen LogP contribution is 2.30. The number of hydrogen-bond acceptors (Lipinski definition) is 6. The van der Waals surface area contributed by atoms with Gasteiger partial charge in [0, 0.05) is 16.0 Å². The van der Waals surface area contributed by atoms with Crippen LogP contribution in [-0.4, -0.2) is 30.6 Å². The lowest BCUT2D eigenvalue weighted by Gasteiger charge is -2.19. The van der Waals surface area contributed by atoms with Gasteiger partial charge in [-0.2, -0.15) is 0 Å². The monoisotopic (exact) mass is 491 g/mol. The lowest BCUT2D eigenvalue weighted by Crippen LogP contribution is -2.31. The smallest absolute Gasteiger partial charge is 0.407 e. The van der Waals surface area contributed by atoms with Gasteiger partial charge in [0.05, 0.1) is 26.4 Å². The molecule has 6 nitrogen and oxygen atoms in total. The van der Waals surface area contributed by atoms with Gasteiger partial charge in [0.2, 0.25) is 0 Å². The first-order valence-electron chi connectivity index (χ1n) is 9.80. The molecule has 0 saturated heterocycles. The Kier molecular flexibility index (Phi) is 7.22. The quantitative estimate of drug-likeness (QED) is 0.524. The molecule has 1 amide bonds. The summed E-state index contributed by atoms with van der Waals surface area (Å²) in [4.78, 5) is 13.2. The van der Waals surface area contributed by atoms with Crippen molar-refractivity contribution in [3.8, 4) is 11.1 Å². The fourth-order valence-electron chi connectivity index (χ4n) is 2.83. The molecule has 0 bridgehead atoms. The number of sulfone groups is 1. The lowest BCUT2D eigenvalue weighted by molar-refractivity contribution is 0.0524. The summed E-state index contributed by atoms with van der Waals surface area (Å²) in [5.74, 6) is 0. The highest BCUT2D eigenvalue weighted by Gasteiger charge is 2.18. The maximum absolute atomic E-state index is 13.3. The zero-order valence-electron chi connectivity index (χ0n) is 18.2. The van der Waals surface area contributed by atoms with Gasteiger partial charge in [-0.25, -0.2) is 17.4 Å². The minimum absolute atomic E-state index is 0.116. The summed E-state index contributed by atoms with van der Waals surface area (Å²) < 4.78 is 43.5. The average molecular weight is 492 g/mol. The molecule has 0 radical (unpaired) electrons. The van der Waals surface area contributed by atoms with Crippen molar-refractivity contribution < 1.29 is 22.2 Å². The number of alkyl carbamates (subject to hydrolysis) is 1. The van der Waals surface area contributed by atoms with Crippen LogP contribution < -0.4 is 5.32 Å². The Bertz CT molecular complexity index is 1240. The standard InChI is InChI=1S/C23H25NO5S3/c1-23(2,3)29-22(25)24-15-18-10-11-21(30-18)31(26)19-12-17(16-8-6-5-7-9-16)13-20(14-19)32(4,27)28/h5-14H,15H2,1-4H3,(H,24,25). The highest BCUT2D eigenvalue weighted by atomic mass is 32.2. The van der Waals surface area contributed by atoms with Gasteiger partial charge in [0.1, 0.15) is 5.60 Å². The highest BCUT2D eigenvalue weighted by molar-refractivity contribution is 7.91. The molecule has 1 unspecified atom stereocenters.